The molecule has 0 N–H and O–H groups in total. The molecular formula is C10H10FNO2. The Kier molecular flexibility index (Phi) is 3.37. The van der Waals surface area contributed by atoms with E-state index in [0.29, 0.717) is 0 Å². The van der Waals surface area contributed by atoms with Crippen molar-refractivity contribution in [2.75, 3.05) is 0 Å². The lowest BCUT2D eigenvalue weighted by atomic mass is 10.3. The van der Waals surface area contributed by atoms with Crippen LogP contribution in [0.3, 0.4) is 0 Å². The Morgan fingerprint density at radius 2 is 2.21 bits per heavy atom. The van der Waals surface area contributed by atoms with E-state index in [9.17, 15) is 9.18 Å². The molecule has 74 valence electrons. The zero-order valence-corrected chi connectivity index (χ0v) is 7.95. The molecular weight excluding hydrogens is 185 g/mol. The molecule has 0 atom stereocenters. The summed E-state index contributed by atoms with van der Waals surface area (Å²) < 4.78 is 18.1. The Labute approximate surface area is 81.2 Å². The van der Waals surface area contributed by atoms with Crippen LogP contribution in [-0.4, -0.2) is 12.2 Å². The van der Waals surface area contributed by atoms with Gasteiger partial charge in [0.05, 0.1) is 6.10 Å². The van der Waals surface area contributed by atoms with Gasteiger partial charge in [-0.3, -0.25) is 0 Å². The number of benzene rings is 1. The quantitative estimate of drug-likeness (QED) is 0.549. The highest BCUT2D eigenvalue weighted by atomic mass is 19.1. The van der Waals surface area contributed by atoms with Crippen LogP contribution >= 0.6 is 0 Å². The predicted molar refractivity (Wildman–Crippen MR) is 49.9 cm³/mol. The largest absolute Gasteiger partial charge is 0.489 e. The Hall–Kier alpha value is -1.67. The minimum atomic E-state index is -0.425. The molecule has 0 saturated carbocycles. The third-order valence-corrected chi connectivity index (χ3v) is 1.45. The van der Waals surface area contributed by atoms with E-state index in [1.807, 2.05) is 0 Å². The van der Waals surface area contributed by atoms with E-state index in [2.05, 4.69) is 4.99 Å². The Morgan fingerprint density at radius 3 is 2.79 bits per heavy atom. The number of isocyanates is 1. The maximum atomic E-state index is 12.8. The molecule has 4 heteroatoms. The molecule has 3 nitrogen and oxygen atoms in total. The highest BCUT2D eigenvalue weighted by molar-refractivity contribution is 5.57. The molecule has 1 rings (SSSR count). The number of aliphatic imine (C=N–C) groups is 1. The fraction of sp³-hybridized carbons (Fsp3) is 0.300. The van der Waals surface area contributed by atoms with Crippen molar-refractivity contribution in [2.45, 2.75) is 20.0 Å². The van der Waals surface area contributed by atoms with Crippen LogP contribution in [0.25, 0.3) is 0 Å². The van der Waals surface area contributed by atoms with Crippen molar-refractivity contribution in [3.05, 3.63) is 24.0 Å². The molecule has 0 radical (unpaired) electrons. The fourth-order valence-corrected chi connectivity index (χ4v) is 0.978. The molecule has 0 fully saturated rings. The van der Waals surface area contributed by atoms with E-state index in [0.717, 1.165) is 0 Å². The Bertz CT molecular complexity index is 370. The first-order valence-corrected chi connectivity index (χ1v) is 4.17. The molecule has 0 spiro atoms. The summed E-state index contributed by atoms with van der Waals surface area (Å²) in [5, 5.41) is 0. The van der Waals surface area contributed by atoms with Gasteiger partial charge in [-0.25, -0.2) is 9.18 Å². The van der Waals surface area contributed by atoms with Crippen LogP contribution in [0.1, 0.15) is 13.8 Å². The van der Waals surface area contributed by atoms with E-state index >= 15 is 0 Å². The topological polar surface area (TPSA) is 38.7 Å². The number of carbonyl (C=O) groups excluding carboxylic acids is 1. The smallest absolute Gasteiger partial charge is 0.240 e. The van der Waals surface area contributed by atoms with Gasteiger partial charge in [-0.05, 0) is 26.0 Å². The lowest BCUT2D eigenvalue weighted by molar-refractivity contribution is 0.242. The van der Waals surface area contributed by atoms with Crippen LogP contribution in [0.4, 0.5) is 10.1 Å². The van der Waals surface area contributed by atoms with Gasteiger partial charge in [0.25, 0.3) is 0 Å². The molecule has 0 amide bonds. The van der Waals surface area contributed by atoms with Crippen LogP contribution in [0.15, 0.2) is 23.2 Å². The molecule has 1 aromatic rings. The number of rotatable bonds is 3. The number of hydrogen-bond acceptors (Lipinski definition) is 3. The summed E-state index contributed by atoms with van der Waals surface area (Å²) in [6, 6.07) is 3.78. The third-order valence-electron chi connectivity index (χ3n) is 1.45. The van der Waals surface area contributed by atoms with Crippen molar-refractivity contribution in [3.63, 3.8) is 0 Å². The highest BCUT2D eigenvalue weighted by Gasteiger charge is 2.06. The Balaban J connectivity index is 3.08. The minimum absolute atomic E-state index is 0.0996. The normalized spacial score (nSPS) is 9.71. The van der Waals surface area contributed by atoms with Crippen LogP contribution in [-0.2, 0) is 4.79 Å². The zero-order valence-electron chi connectivity index (χ0n) is 7.95. The van der Waals surface area contributed by atoms with E-state index in [4.69, 9.17) is 4.74 Å². The molecule has 0 bridgehead atoms. The second-order valence-electron chi connectivity index (χ2n) is 2.98. The summed E-state index contributed by atoms with van der Waals surface area (Å²) in [6.07, 6.45) is 1.29. The van der Waals surface area contributed by atoms with Gasteiger partial charge in [0.15, 0.2) is 0 Å². The summed E-state index contributed by atoms with van der Waals surface area (Å²) in [5.74, 6) is -0.172. The van der Waals surface area contributed by atoms with Crippen molar-refractivity contribution in [2.24, 2.45) is 4.99 Å². The molecule has 0 aromatic heterocycles. The van der Waals surface area contributed by atoms with Crippen molar-refractivity contribution >= 4 is 11.8 Å². The van der Waals surface area contributed by atoms with Gasteiger partial charge in [0.2, 0.25) is 6.08 Å². The first-order valence-electron chi connectivity index (χ1n) is 4.17. The number of halogens is 1. The van der Waals surface area contributed by atoms with Gasteiger partial charge in [-0.15, -0.1) is 0 Å². The lowest BCUT2D eigenvalue weighted by Gasteiger charge is -2.10. The van der Waals surface area contributed by atoms with Crippen molar-refractivity contribution in [1.29, 1.82) is 0 Å². The van der Waals surface area contributed by atoms with Crippen molar-refractivity contribution in [1.82, 2.24) is 0 Å². The van der Waals surface area contributed by atoms with E-state index in [-0.39, 0.29) is 17.5 Å². The van der Waals surface area contributed by atoms with Gasteiger partial charge in [-0.2, -0.15) is 4.99 Å². The number of nitrogens with zero attached hydrogens (tertiary/aromatic N) is 1. The molecule has 0 aliphatic rings. The molecule has 0 unspecified atom stereocenters. The maximum absolute atomic E-state index is 12.8. The van der Waals surface area contributed by atoms with Crippen LogP contribution in [0.2, 0.25) is 0 Å². The van der Waals surface area contributed by atoms with Crippen LogP contribution < -0.4 is 4.74 Å². The first kappa shape index (κ1) is 10.4. The second kappa shape index (κ2) is 4.53. The van der Waals surface area contributed by atoms with E-state index < -0.39 is 5.82 Å². The predicted octanol–water partition coefficient (Wildman–Crippen LogP) is 2.58. The summed E-state index contributed by atoms with van der Waals surface area (Å²) in [5.41, 5.74) is 0.287. The monoisotopic (exact) mass is 195 g/mol. The first-order chi connectivity index (χ1) is 6.63. The minimum Gasteiger partial charge on any atom is -0.489 e. The summed E-state index contributed by atoms with van der Waals surface area (Å²) >= 11 is 0. The summed E-state index contributed by atoms with van der Waals surface area (Å²) in [6.45, 7) is 3.61. The molecule has 0 aliphatic heterocycles. The zero-order chi connectivity index (χ0) is 10.6. The second-order valence-corrected chi connectivity index (χ2v) is 2.98. The standard InChI is InChI=1S/C10H10FNO2/c1-7(2)14-10-5-8(11)3-4-9(10)12-6-13/h3-5,7H,1-2H3. The molecule has 0 heterocycles. The van der Waals surface area contributed by atoms with Gasteiger partial charge in [-0.1, -0.05) is 0 Å². The average Bonchev–Trinajstić information content (AvgIpc) is 2.09. The molecule has 1 aromatic carbocycles. The average molecular weight is 195 g/mol. The third kappa shape index (κ3) is 2.68. The Morgan fingerprint density at radius 1 is 1.50 bits per heavy atom. The van der Waals surface area contributed by atoms with Crippen molar-refractivity contribution < 1.29 is 13.9 Å². The number of ether oxygens (including phenoxy) is 1. The van der Waals surface area contributed by atoms with Gasteiger partial charge < -0.3 is 4.74 Å². The van der Waals surface area contributed by atoms with Crippen LogP contribution in [0.5, 0.6) is 5.75 Å². The molecule has 0 aliphatic carbocycles. The summed E-state index contributed by atoms with van der Waals surface area (Å²) in [4.78, 5) is 13.5. The summed E-state index contributed by atoms with van der Waals surface area (Å²) in [7, 11) is 0. The van der Waals surface area contributed by atoms with Gasteiger partial charge >= 0.3 is 0 Å². The highest BCUT2D eigenvalue weighted by Crippen LogP contribution is 2.28. The molecule has 0 saturated heterocycles. The fourth-order valence-electron chi connectivity index (χ4n) is 0.978. The van der Waals surface area contributed by atoms with Crippen LogP contribution in [0, 0.1) is 5.82 Å². The maximum Gasteiger partial charge on any atom is 0.240 e. The van der Waals surface area contributed by atoms with E-state index in [1.54, 1.807) is 13.8 Å². The SMILES string of the molecule is CC(C)Oc1cc(F)ccc1N=C=O. The molecule has 14 heavy (non-hydrogen) atoms. The number of hydrogen-bond donors (Lipinski definition) is 0. The van der Waals surface area contributed by atoms with Gasteiger partial charge in [0.1, 0.15) is 17.3 Å². The van der Waals surface area contributed by atoms with E-state index in [1.165, 1.54) is 24.3 Å². The van der Waals surface area contributed by atoms with Gasteiger partial charge in [0, 0.05) is 6.07 Å². The lowest BCUT2D eigenvalue weighted by Crippen LogP contribution is -2.05. The van der Waals surface area contributed by atoms with Crippen molar-refractivity contribution in [3.8, 4) is 5.75 Å².